The van der Waals surface area contributed by atoms with Crippen LogP contribution in [0.1, 0.15) is 16.1 Å². The minimum absolute atomic E-state index is 0.106. The summed E-state index contributed by atoms with van der Waals surface area (Å²) >= 11 is 0. The number of nitrogens with zero attached hydrogens (tertiary/aromatic N) is 4. The summed E-state index contributed by atoms with van der Waals surface area (Å²) < 4.78 is 6.95. The normalized spacial score (nSPS) is 18.9. The molecule has 4 rings (SSSR count). The summed E-state index contributed by atoms with van der Waals surface area (Å²) in [5.74, 6) is -0.979. The number of hydrogen-bond acceptors (Lipinski definition) is 6. The molecule has 1 fully saturated rings. The van der Waals surface area contributed by atoms with Crippen LogP contribution in [0, 0.1) is 5.92 Å². The second kappa shape index (κ2) is 7.88. The van der Waals surface area contributed by atoms with E-state index in [0.717, 1.165) is 11.3 Å². The fourth-order valence-electron chi connectivity index (χ4n) is 3.48. The second-order valence-electron chi connectivity index (χ2n) is 7.02. The first-order valence-corrected chi connectivity index (χ1v) is 9.19. The maximum atomic E-state index is 12.8. The van der Waals surface area contributed by atoms with Crippen LogP contribution in [0.25, 0.3) is 5.65 Å². The van der Waals surface area contributed by atoms with Gasteiger partial charge in [-0.3, -0.25) is 9.78 Å². The van der Waals surface area contributed by atoms with Crippen molar-refractivity contribution in [3.63, 3.8) is 0 Å². The highest BCUT2D eigenvalue weighted by molar-refractivity contribution is 5.94. The highest BCUT2D eigenvalue weighted by atomic mass is 16.5. The molecule has 3 heterocycles. The molecule has 2 N–H and O–H groups in total. The van der Waals surface area contributed by atoms with E-state index in [0.29, 0.717) is 24.3 Å². The molecule has 2 aromatic heterocycles. The highest BCUT2D eigenvalue weighted by Gasteiger charge is 2.34. The Morgan fingerprint density at radius 2 is 1.97 bits per heavy atom. The zero-order valence-electron chi connectivity index (χ0n) is 15.5. The predicted octanol–water partition coefficient (Wildman–Crippen LogP) is 0.868. The number of fused-ring (bicyclic) bond motifs is 1. The summed E-state index contributed by atoms with van der Waals surface area (Å²) in [5.41, 5.74) is 2.04. The number of carbonyl (C=O) groups is 2. The van der Waals surface area contributed by atoms with Crippen LogP contribution < -0.4 is 4.74 Å². The van der Waals surface area contributed by atoms with E-state index in [2.05, 4.69) is 9.97 Å². The van der Waals surface area contributed by atoms with Crippen LogP contribution in [0.5, 0.6) is 5.75 Å². The lowest BCUT2D eigenvalue weighted by molar-refractivity contribution is -0.139. The average molecular weight is 396 g/mol. The van der Waals surface area contributed by atoms with Crippen LogP contribution in [0.3, 0.4) is 0 Å². The average Bonchev–Trinajstić information content (AvgIpc) is 3.32. The largest absolute Gasteiger partial charge is 0.482 e. The van der Waals surface area contributed by atoms with Crippen LogP contribution in [-0.4, -0.2) is 67.2 Å². The van der Waals surface area contributed by atoms with Gasteiger partial charge in [-0.2, -0.15) is 0 Å². The number of carboxylic acids is 1. The number of imidazole rings is 1. The fraction of sp³-hybridized carbons (Fsp3) is 0.300. The van der Waals surface area contributed by atoms with E-state index in [9.17, 15) is 14.7 Å². The molecule has 3 aromatic rings. The first-order chi connectivity index (χ1) is 14.0. The molecule has 9 nitrogen and oxygen atoms in total. The molecular weight excluding hydrogens is 376 g/mol. The van der Waals surface area contributed by atoms with Crippen LogP contribution in [0.15, 0.2) is 49.1 Å². The van der Waals surface area contributed by atoms with Gasteiger partial charge >= 0.3 is 5.97 Å². The Hall–Kier alpha value is -3.46. The number of aliphatic hydroxyl groups is 1. The van der Waals surface area contributed by atoms with Crippen molar-refractivity contribution in [2.75, 3.05) is 19.7 Å². The van der Waals surface area contributed by atoms with E-state index >= 15 is 0 Å². The Bertz CT molecular complexity index is 1030. The first-order valence-electron chi connectivity index (χ1n) is 9.19. The maximum Gasteiger partial charge on any atom is 0.341 e. The van der Waals surface area contributed by atoms with Crippen molar-refractivity contribution in [1.29, 1.82) is 0 Å². The van der Waals surface area contributed by atoms with Gasteiger partial charge in [0.2, 0.25) is 0 Å². The SMILES string of the molecule is O=C(O)COc1ccc(C(=O)N2C[C@H](Cc3cn4ccnc4cn3)[C@H](O)C2)cc1. The predicted molar refractivity (Wildman–Crippen MR) is 102 cm³/mol. The number of aliphatic hydroxyl groups excluding tert-OH is 1. The summed E-state index contributed by atoms with van der Waals surface area (Å²) in [6.45, 7) is 0.251. The van der Waals surface area contributed by atoms with Gasteiger partial charge in [0.1, 0.15) is 5.75 Å². The van der Waals surface area contributed by atoms with Gasteiger partial charge in [0.05, 0.1) is 18.0 Å². The Balaban J connectivity index is 1.39. The molecule has 1 amide bonds. The quantitative estimate of drug-likeness (QED) is 0.635. The molecule has 0 unspecified atom stereocenters. The molecule has 0 bridgehead atoms. The van der Waals surface area contributed by atoms with Crippen molar-refractivity contribution in [3.05, 3.63) is 60.3 Å². The third-order valence-corrected chi connectivity index (χ3v) is 4.96. The van der Waals surface area contributed by atoms with Crippen LogP contribution in [-0.2, 0) is 11.2 Å². The number of benzene rings is 1. The van der Waals surface area contributed by atoms with E-state index in [1.807, 2.05) is 16.8 Å². The highest BCUT2D eigenvalue weighted by Crippen LogP contribution is 2.23. The minimum atomic E-state index is -1.07. The minimum Gasteiger partial charge on any atom is -0.482 e. The van der Waals surface area contributed by atoms with Gasteiger partial charge in [0.15, 0.2) is 12.3 Å². The van der Waals surface area contributed by atoms with Gasteiger partial charge in [0, 0.05) is 43.2 Å². The number of carboxylic acid groups (broad SMARTS) is 1. The Labute approximate surface area is 166 Å². The molecule has 0 spiro atoms. The lowest BCUT2D eigenvalue weighted by Crippen LogP contribution is -2.29. The van der Waals surface area contributed by atoms with Gasteiger partial charge < -0.3 is 24.3 Å². The van der Waals surface area contributed by atoms with Crippen molar-refractivity contribution in [2.45, 2.75) is 12.5 Å². The molecule has 1 saturated heterocycles. The van der Waals surface area contributed by atoms with Crippen LogP contribution in [0.4, 0.5) is 0 Å². The molecule has 2 atom stereocenters. The first kappa shape index (κ1) is 18.9. The molecule has 1 aliphatic rings. The maximum absolute atomic E-state index is 12.8. The fourth-order valence-corrected chi connectivity index (χ4v) is 3.48. The number of β-amino-alcohol motifs (C(OH)–C–C–N with tert-alkyl or cyclic N) is 1. The van der Waals surface area contributed by atoms with Crippen LogP contribution in [0.2, 0.25) is 0 Å². The van der Waals surface area contributed by atoms with Gasteiger partial charge in [-0.25, -0.2) is 9.78 Å². The molecule has 1 aliphatic heterocycles. The number of amides is 1. The van der Waals surface area contributed by atoms with Crippen molar-refractivity contribution in [3.8, 4) is 5.75 Å². The number of rotatable bonds is 6. The molecule has 29 heavy (non-hydrogen) atoms. The molecule has 0 aliphatic carbocycles. The topological polar surface area (TPSA) is 117 Å². The molecule has 0 radical (unpaired) electrons. The summed E-state index contributed by atoms with van der Waals surface area (Å²) in [4.78, 5) is 33.5. The third-order valence-electron chi connectivity index (χ3n) is 4.96. The second-order valence-corrected chi connectivity index (χ2v) is 7.02. The lowest BCUT2D eigenvalue weighted by Gasteiger charge is -2.16. The van der Waals surface area contributed by atoms with E-state index in [4.69, 9.17) is 9.84 Å². The molecule has 1 aromatic carbocycles. The zero-order chi connectivity index (χ0) is 20.4. The van der Waals surface area contributed by atoms with Gasteiger partial charge in [0.25, 0.3) is 5.91 Å². The smallest absolute Gasteiger partial charge is 0.341 e. The summed E-state index contributed by atoms with van der Waals surface area (Å²) in [5, 5.41) is 19.1. The number of aliphatic carboxylic acids is 1. The van der Waals surface area contributed by atoms with Crippen molar-refractivity contribution >= 4 is 17.5 Å². The van der Waals surface area contributed by atoms with E-state index in [1.165, 1.54) is 0 Å². The van der Waals surface area contributed by atoms with E-state index in [1.54, 1.807) is 41.6 Å². The number of ether oxygens (including phenoxy) is 1. The number of aromatic nitrogens is 3. The van der Waals surface area contributed by atoms with Gasteiger partial charge in [-0.15, -0.1) is 0 Å². The van der Waals surface area contributed by atoms with Crippen molar-refractivity contribution in [1.82, 2.24) is 19.3 Å². The Morgan fingerprint density at radius 3 is 2.72 bits per heavy atom. The summed E-state index contributed by atoms with van der Waals surface area (Å²) in [6.07, 6.45) is 7.04. The van der Waals surface area contributed by atoms with Crippen molar-refractivity contribution in [2.24, 2.45) is 5.92 Å². The molecule has 0 saturated carbocycles. The zero-order valence-corrected chi connectivity index (χ0v) is 15.5. The monoisotopic (exact) mass is 396 g/mol. The molecule has 150 valence electrons. The number of likely N-dealkylation sites (tertiary alicyclic amines) is 1. The van der Waals surface area contributed by atoms with Crippen LogP contribution >= 0.6 is 0 Å². The summed E-state index contributed by atoms with van der Waals surface area (Å²) in [6, 6.07) is 6.30. The molecular formula is C20H20N4O5. The molecule has 9 heteroatoms. The number of hydrogen-bond donors (Lipinski definition) is 2. The lowest BCUT2D eigenvalue weighted by atomic mass is 10.0. The van der Waals surface area contributed by atoms with E-state index < -0.39 is 18.7 Å². The van der Waals surface area contributed by atoms with Gasteiger partial charge in [-0.05, 0) is 30.7 Å². The Kier molecular flexibility index (Phi) is 5.13. The standard InChI is InChI=1S/C20H20N4O5/c25-17-11-24(20(28)13-1-3-16(4-2-13)29-12-19(26)27)9-14(17)7-15-10-23-6-5-21-18(23)8-22-15/h1-6,8,10,14,17,25H,7,9,11-12H2,(H,26,27)/t14-,17+/m0/s1. The van der Waals surface area contributed by atoms with Gasteiger partial charge in [-0.1, -0.05) is 0 Å². The summed E-state index contributed by atoms with van der Waals surface area (Å²) in [7, 11) is 0. The Morgan fingerprint density at radius 1 is 1.17 bits per heavy atom. The third kappa shape index (κ3) is 4.19. The van der Waals surface area contributed by atoms with Crippen molar-refractivity contribution < 1.29 is 24.5 Å². The number of carbonyl (C=O) groups excluding carboxylic acids is 1. The van der Waals surface area contributed by atoms with E-state index in [-0.39, 0.29) is 18.4 Å².